The summed E-state index contributed by atoms with van der Waals surface area (Å²) in [5, 5.41) is 11.6. The topological polar surface area (TPSA) is 66.4 Å². The first-order valence-corrected chi connectivity index (χ1v) is 9.22. The molecule has 0 aliphatic carbocycles. The highest BCUT2D eigenvalue weighted by molar-refractivity contribution is 7.99. The van der Waals surface area contributed by atoms with Crippen LogP contribution in [0.25, 0.3) is 0 Å². The summed E-state index contributed by atoms with van der Waals surface area (Å²) in [5.41, 5.74) is 2.37. The normalized spacial score (nSPS) is 11.9. The van der Waals surface area contributed by atoms with Gasteiger partial charge in [-0.1, -0.05) is 29.8 Å². The van der Waals surface area contributed by atoms with Gasteiger partial charge in [0.1, 0.15) is 6.04 Å². The lowest BCUT2D eigenvalue weighted by Crippen LogP contribution is -2.42. The monoisotopic (exact) mass is 327 g/mol. The van der Waals surface area contributed by atoms with Crippen LogP contribution in [0.5, 0.6) is 0 Å². The molecular weight excluding hydrogens is 306 g/mol. The Morgan fingerprint density at radius 3 is 2.76 bits per heavy atom. The van der Waals surface area contributed by atoms with Gasteiger partial charge in [0, 0.05) is 5.75 Å². The van der Waals surface area contributed by atoms with Crippen molar-refractivity contribution >= 4 is 35.4 Å². The Kier molecular flexibility index (Phi) is 8.30. The minimum Gasteiger partial charge on any atom is -0.480 e. The molecule has 0 aliphatic rings. The molecule has 2 N–H and O–H groups in total. The number of carboxylic acids is 1. The number of amides is 1. The number of carbonyl (C=O) groups excluding carboxylic acids is 1. The maximum Gasteiger partial charge on any atom is 0.326 e. The quantitative estimate of drug-likeness (QED) is 0.730. The van der Waals surface area contributed by atoms with Gasteiger partial charge in [0.15, 0.2) is 0 Å². The Hall–Kier alpha value is -1.14. The smallest absolute Gasteiger partial charge is 0.326 e. The predicted molar refractivity (Wildman–Crippen MR) is 89.9 cm³/mol. The molecule has 1 amide bonds. The first-order valence-electron chi connectivity index (χ1n) is 6.67. The number of carboxylic acid groups (broad SMARTS) is 1. The minimum atomic E-state index is -0.971. The fourth-order valence-corrected chi connectivity index (χ4v) is 3.05. The summed E-state index contributed by atoms with van der Waals surface area (Å²) in [6, 6.07) is 7.35. The highest BCUT2D eigenvalue weighted by Crippen LogP contribution is 2.13. The first-order chi connectivity index (χ1) is 10.0. The number of rotatable bonds is 9. The van der Waals surface area contributed by atoms with Crippen molar-refractivity contribution in [2.75, 3.05) is 17.8 Å². The third-order valence-corrected chi connectivity index (χ3v) is 4.48. The second kappa shape index (κ2) is 9.73. The molecule has 6 heteroatoms. The molecule has 0 fully saturated rings. The van der Waals surface area contributed by atoms with Crippen LogP contribution in [-0.4, -0.2) is 40.8 Å². The van der Waals surface area contributed by atoms with Crippen molar-refractivity contribution in [2.45, 2.75) is 25.1 Å². The van der Waals surface area contributed by atoms with Gasteiger partial charge in [0.25, 0.3) is 0 Å². The number of benzene rings is 1. The summed E-state index contributed by atoms with van der Waals surface area (Å²) < 4.78 is 0. The van der Waals surface area contributed by atoms with E-state index in [0.717, 1.165) is 5.75 Å². The van der Waals surface area contributed by atoms with Crippen LogP contribution in [-0.2, 0) is 15.3 Å². The number of aliphatic carboxylic acids is 1. The van der Waals surface area contributed by atoms with Gasteiger partial charge in [-0.2, -0.15) is 11.8 Å². The molecular formula is C15H21NO3S2. The molecule has 0 spiro atoms. The van der Waals surface area contributed by atoms with E-state index in [9.17, 15) is 9.59 Å². The van der Waals surface area contributed by atoms with E-state index in [4.69, 9.17) is 5.11 Å². The van der Waals surface area contributed by atoms with Crippen LogP contribution in [0.4, 0.5) is 0 Å². The lowest BCUT2D eigenvalue weighted by atomic mass is 10.2. The van der Waals surface area contributed by atoms with Crippen LogP contribution in [0, 0.1) is 6.92 Å². The summed E-state index contributed by atoms with van der Waals surface area (Å²) in [6.45, 7) is 2.03. The fourth-order valence-electron chi connectivity index (χ4n) is 1.79. The Balaban J connectivity index is 2.34. The van der Waals surface area contributed by atoms with E-state index >= 15 is 0 Å². The van der Waals surface area contributed by atoms with E-state index in [0.29, 0.717) is 12.2 Å². The summed E-state index contributed by atoms with van der Waals surface area (Å²) in [7, 11) is 0. The van der Waals surface area contributed by atoms with Gasteiger partial charge in [-0.05, 0) is 30.9 Å². The molecule has 1 unspecified atom stereocenters. The third-order valence-electron chi connectivity index (χ3n) is 2.83. The Labute approximate surface area is 134 Å². The van der Waals surface area contributed by atoms with Crippen molar-refractivity contribution in [1.29, 1.82) is 0 Å². The summed E-state index contributed by atoms with van der Waals surface area (Å²) in [4.78, 5) is 22.8. The van der Waals surface area contributed by atoms with Crippen LogP contribution in [0.2, 0.25) is 0 Å². The van der Waals surface area contributed by atoms with E-state index in [1.165, 1.54) is 22.9 Å². The average molecular weight is 327 g/mol. The molecule has 0 aromatic heterocycles. The van der Waals surface area contributed by atoms with Gasteiger partial charge in [0.2, 0.25) is 5.91 Å². The molecule has 0 saturated carbocycles. The fraction of sp³-hybridized carbons (Fsp3) is 0.467. The SMILES string of the molecule is CSCCC(NC(=O)CSCc1cccc(C)c1)C(=O)O. The zero-order valence-electron chi connectivity index (χ0n) is 12.3. The lowest BCUT2D eigenvalue weighted by Gasteiger charge is -2.13. The molecule has 0 bridgehead atoms. The summed E-state index contributed by atoms with van der Waals surface area (Å²) in [5.74, 6) is 0.546. The Morgan fingerprint density at radius 2 is 2.14 bits per heavy atom. The molecule has 0 saturated heterocycles. The number of carbonyl (C=O) groups is 2. The molecule has 1 aromatic carbocycles. The molecule has 1 aromatic rings. The third kappa shape index (κ3) is 7.43. The molecule has 0 aliphatic heterocycles. The van der Waals surface area contributed by atoms with Gasteiger partial charge >= 0.3 is 5.97 Å². The number of thioether (sulfide) groups is 2. The van der Waals surface area contributed by atoms with Gasteiger partial charge in [-0.25, -0.2) is 4.79 Å². The maximum absolute atomic E-state index is 11.8. The molecule has 0 radical (unpaired) electrons. The van der Waals surface area contributed by atoms with Crippen LogP contribution in [0.3, 0.4) is 0 Å². The van der Waals surface area contributed by atoms with Crippen LogP contribution >= 0.6 is 23.5 Å². The minimum absolute atomic E-state index is 0.221. The van der Waals surface area contributed by atoms with Crippen molar-refractivity contribution in [1.82, 2.24) is 5.32 Å². The van der Waals surface area contributed by atoms with E-state index in [2.05, 4.69) is 11.4 Å². The lowest BCUT2D eigenvalue weighted by molar-refractivity contribution is -0.141. The van der Waals surface area contributed by atoms with Gasteiger partial charge in [-0.3, -0.25) is 4.79 Å². The molecule has 1 atom stereocenters. The van der Waals surface area contributed by atoms with E-state index in [1.54, 1.807) is 11.8 Å². The first kappa shape index (κ1) is 17.9. The van der Waals surface area contributed by atoms with Crippen LogP contribution in [0.1, 0.15) is 17.5 Å². The summed E-state index contributed by atoms with van der Waals surface area (Å²) in [6.07, 6.45) is 2.36. The van der Waals surface area contributed by atoms with Crippen molar-refractivity contribution < 1.29 is 14.7 Å². The van der Waals surface area contributed by atoms with E-state index in [1.807, 2.05) is 31.4 Å². The van der Waals surface area contributed by atoms with Gasteiger partial charge in [-0.15, -0.1) is 11.8 Å². The molecule has 0 heterocycles. The molecule has 4 nitrogen and oxygen atoms in total. The number of nitrogens with one attached hydrogen (secondary N) is 1. The maximum atomic E-state index is 11.8. The van der Waals surface area contributed by atoms with E-state index < -0.39 is 12.0 Å². The van der Waals surface area contributed by atoms with E-state index in [-0.39, 0.29) is 11.7 Å². The van der Waals surface area contributed by atoms with Crippen molar-refractivity contribution in [3.63, 3.8) is 0 Å². The standard InChI is InChI=1S/C15H21NO3S2/c1-11-4-3-5-12(8-11)9-21-10-14(17)16-13(15(18)19)6-7-20-2/h3-5,8,13H,6-7,9-10H2,1-2H3,(H,16,17)(H,18,19). The number of hydrogen-bond donors (Lipinski definition) is 2. The number of aryl methyl sites for hydroxylation is 1. The van der Waals surface area contributed by atoms with Crippen molar-refractivity contribution in [2.24, 2.45) is 0 Å². The highest BCUT2D eigenvalue weighted by Gasteiger charge is 2.18. The molecule has 1 rings (SSSR count). The largest absolute Gasteiger partial charge is 0.480 e. The van der Waals surface area contributed by atoms with Crippen molar-refractivity contribution in [3.05, 3.63) is 35.4 Å². The second-order valence-electron chi connectivity index (χ2n) is 4.72. The zero-order valence-corrected chi connectivity index (χ0v) is 13.9. The number of hydrogen-bond acceptors (Lipinski definition) is 4. The zero-order chi connectivity index (χ0) is 15.7. The molecule has 116 valence electrons. The highest BCUT2D eigenvalue weighted by atomic mass is 32.2. The second-order valence-corrected chi connectivity index (χ2v) is 6.69. The molecule has 21 heavy (non-hydrogen) atoms. The van der Waals surface area contributed by atoms with Crippen molar-refractivity contribution in [3.8, 4) is 0 Å². The summed E-state index contributed by atoms with van der Waals surface area (Å²) >= 11 is 3.06. The van der Waals surface area contributed by atoms with Gasteiger partial charge in [0.05, 0.1) is 5.75 Å². The predicted octanol–water partition coefficient (Wildman–Crippen LogP) is 2.55. The van der Waals surface area contributed by atoms with Crippen LogP contribution < -0.4 is 5.32 Å². The average Bonchev–Trinajstić information content (AvgIpc) is 2.43. The Bertz CT molecular complexity index is 480. The Morgan fingerprint density at radius 1 is 1.38 bits per heavy atom. The van der Waals surface area contributed by atoms with Crippen LogP contribution in [0.15, 0.2) is 24.3 Å². The van der Waals surface area contributed by atoms with Gasteiger partial charge < -0.3 is 10.4 Å².